The van der Waals surface area contributed by atoms with Crippen LogP contribution in [-0.4, -0.2) is 12.6 Å². The van der Waals surface area contributed by atoms with E-state index in [1.54, 1.807) is 0 Å². The Morgan fingerprint density at radius 2 is 2.00 bits per heavy atom. The zero-order valence-corrected chi connectivity index (χ0v) is 10.5. The van der Waals surface area contributed by atoms with E-state index in [0.717, 1.165) is 0 Å². The van der Waals surface area contributed by atoms with Crippen LogP contribution in [0, 0.1) is 5.41 Å². The van der Waals surface area contributed by atoms with Crippen molar-refractivity contribution in [2.75, 3.05) is 6.54 Å². The van der Waals surface area contributed by atoms with Crippen molar-refractivity contribution in [3.63, 3.8) is 0 Å². The first kappa shape index (κ1) is 12.4. The molecule has 1 N–H and O–H groups in total. The van der Waals surface area contributed by atoms with Crippen molar-refractivity contribution in [3.05, 3.63) is 10.6 Å². The summed E-state index contributed by atoms with van der Waals surface area (Å²) in [7, 11) is 0. The summed E-state index contributed by atoms with van der Waals surface area (Å²) >= 11 is 11.3. The zero-order chi connectivity index (χ0) is 10.6. The van der Waals surface area contributed by atoms with Crippen LogP contribution in [0.4, 0.5) is 0 Å². The Labute approximate surface area is 96.8 Å². The molecular weight excluding hydrogens is 217 g/mol. The summed E-state index contributed by atoms with van der Waals surface area (Å²) in [6, 6.07) is 0.619. The van der Waals surface area contributed by atoms with Crippen LogP contribution in [0.15, 0.2) is 10.6 Å². The van der Waals surface area contributed by atoms with Crippen LogP contribution >= 0.6 is 23.2 Å². The summed E-state index contributed by atoms with van der Waals surface area (Å²) in [6.07, 6.45) is 5.10. The molecule has 0 atom stereocenters. The number of halogens is 2. The summed E-state index contributed by atoms with van der Waals surface area (Å²) in [6.45, 7) is 5.39. The maximum absolute atomic E-state index is 5.81. The topological polar surface area (TPSA) is 12.0 Å². The normalized spacial score (nSPS) is 23.9. The highest BCUT2D eigenvalue weighted by molar-refractivity contribution is 6.36. The predicted molar refractivity (Wildman–Crippen MR) is 63.8 cm³/mol. The van der Waals surface area contributed by atoms with Gasteiger partial charge in [0.15, 0.2) is 0 Å². The highest BCUT2D eigenvalue weighted by Crippen LogP contribution is 2.34. The van der Waals surface area contributed by atoms with Crippen molar-refractivity contribution in [2.24, 2.45) is 5.41 Å². The average molecular weight is 236 g/mol. The average Bonchev–Trinajstić information content (AvgIpc) is 2.16. The highest BCUT2D eigenvalue weighted by Gasteiger charge is 2.26. The molecule has 1 aliphatic rings. The van der Waals surface area contributed by atoms with Crippen LogP contribution in [-0.2, 0) is 0 Å². The highest BCUT2D eigenvalue weighted by atomic mass is 35.5. The fourth-order valence-electron chi connectivity index (χ4n) is 1.88. The van der Waals surface area contributed by atoms with Crippen molar-refractivity contribution >= 4 is 23.2 Å². The molecule has 0 aliphatic heterocycles. The molecular formula is C11H19Cl2N. The smallest absolute Gasteiger partial charge is 0.0431 e. The van der Waals surface area contributed by atoms with Gasteiger partial charge in [0.25, 0.3) is 0 Å². The van der Waals surface area contributed by atoms with Crippen LogP contribution in [0.25, 0.3) is 0 Å². The Kier molecular flexibility index (Phi) is 4.75. The van der Waals surface area contributed by atoms with E-state index < -0.39 is 0 Å². The Bertz CT molecular complexity index is 201. The maximum atomic E-state index is 5.81. The van der Waals surface area contributed by atoms with Gasteiger partial charge >= 0.3 is 0 Å². The standard InChI is InChI=1S/C11H19Cl2N/c1-11(2)5-3-10(4-6-11)14-8-9(13)7-12/h7,10,14H,3-6,8H2,1-2H3/b9-7-. The van der Waals surface area contributed by atoms with Gasteiger partial charge in [-0.15, -0.1) is 0 Å². The van der Waals surface area contributed by atoms with Gasteiger partial charge in [0.05, 0.1) is 0 Å². The molecule has 0 spiro atoms. The molecule has 1 saturated carbocycles. The van der Waals surface area contributed by atoms with E-state index in [-0.39, 0.29) is 0 Å². The quantitative estimate of drug-likeness (QED) is 0.784. The van der Waals surface area contributed by atoms with Crippen molar-refractivity contribution in [3.8, 4) is 0 Å². The maximum Gasteiger partial charge on any atom is 0.0431 e. The second-order valence-electron chi connectivity index (χ2n) is 4.88. The lowest BCUT2D eigenvalue weighted by atomic mass is 9.75. The molecule has 1 aliphatic carbocycles. The Morgan fingerprint density at radius 3 is 2.50 bits per heavy atom. The van der Waals surface area contributed by atoms with E-state index >= 15 is 0 Å². The second-order valence-corrected chi connectivity index (χ2v) is 5.58. The van der Waals surface area contributed by atoms with Crippen LogP contribution < -0.4 is 5.32 Å². The van der Waals surface area contributed by atoms with E-state index in [9.17, 15) is 0 Å². The zero-order valence-electron chi connectivity index (χ0n) is 8.95. The van der Waals surface area contributed by atoms with Gasteiger partial charge in [0.2, 0.25) is 0 Å². The first-order valence-electron chi connectivity index (χ1n) is 5.22. The number of hydrogen-bond donors (Lipinski definition) is 1. The summed E-state index contributed by atoms with van der Waals surface area (Å²) in [5.41, 5.74) is 1.96. The summed E-state index contributed by atoms with van der Waals surface area (Å²) in [5.74, 6) is 0. The molecule has 0 amide bonds. The molecule has 0 radical (unpaired) electrons. The molecule has 3 heteroatoms. The van der Waals surface area contributed by atoms with Crippen LogP contribution in [0.1, 0.15) is 39.5 Å². The molecule has 82 valence electrons. The summed E-state index contributed by atoms with van der Waals surface area (Å²) < 4.78 is 0. The third kappa shape index (κ3) is 4.20. The molecule has 1 rings (SSSR count). The third-order valence-corrected chi connectivity index (χ3v) is 3.64. The molecule has 0 heterocycles. The Hall–Kier alpha value is 0.280. The lowest BCUT2D eigenvalue weighted by Gasteiger charge is -2.34. The minimum atomic E-state index is 0.532. The largest absolute Gasteiger partial charge is 0.309 e. The van der Waals surface area contributed by atoms with E-state index in [1.807, 2.05) is 0 Å². The van der Waals surface area contributed by atoms with Crippen LogP contribution in [0.2, 0.25) is 0 Å². The van der Waals surface area contributed by atoms with Crippen molar-refractivity contribution in [1.29, 1.82) is 0 Å². The van der Waals surface area contributed by atoms with Crippen LogP contribution in [0.5, 0.6) is 0 Å². The molecule has 0 saturated heterocycles. The minimum absolute atomic E-state index is 0.532. The molecule has 0 unspecified atom stereocenters. The van der Waals surface area contributed by atoms with Gasteiger partial charge in [-0.2, -0.15) is 0 Å². The first-order chi connectivity index (χ1) is 6.53. The fourth-order valence-corrected chi connectivity index (χ4v) is 2.04. The van der Waals surface area contributed by atoms with Gasteiger partial charge in [0.1, 0.15) is 0 Å². The van der Waals surface area contributed by atoms with Gasteiger partial charge in [-0.25, -0.2) is 0 Å². The lowest BCUT2D eigenvalue weighted by molar-refractivity contribution is 0.209. The van der Waals surface area contributed by atoms with Crippen molar-refractivity contribution in [1.82, 2.24) is 5.32 Å². The van der Waals surface area contributed by atoms with E-state index in [0.29, 0.717) is 23.0 Å². The van der Waals surface area contributed by atoms with Gasteiger partial charge < -0.3 is 5.32 Å². The molecule has 0 bridgehead atoms. The first-order valence-corrected chi connectivity index (χ1v) is 6.03. The summed E-state index contributed by atoms with van der Waals surface area (Å²) in [4.78, 5) is 0. The minimum Gasteiger partial charge on any atom is -0.309 e. The molecule has 1 fully saturated rings. The van der Waals surface area contributed by atoms with Gasteiger partial charge in [-0.1, -0.05) is 37.0 Å². The summed E-state index contributed by atoms with van der Waals surface area (Å²) in [5, 5.41) is 4.12. The van der Waals surface area contributed by atoms with Crippen LogP contribution in [0.3, 0.4) is 0 Å². The monoisotopic (exact) mass is 235 g/mol. The van der Waals surface area contributed by atoms with Crippen molar-refractivity contribution < 1.29 is 0 Å². The molecule has 14 heavy (non-hydrogen) atoms. The Morgan fingerprint density at radius 1 is 1.43 bits per heavy atom. The van der Waals surface area contributed by atoms with E-state index in [1.165, 1.54) is 31.2 Å². The van der Waals surface area contributed by atoms with E-state index in [2.05, 4.69) is 19.2 Å². The number of rotatable bonds is 3. The molecule has 0 aromatic carbocycles. The Balaban J connectivity index is 2.23. The number of nitrogens with one attached hydrogen (secondary N) is 1. The van der Waals surface area contributed by atoms with Gasteiger partial charge in [-0.05, 0) is 31.1 Å². The SMILES string of the molecule is CC1(C)CCC(NC/C(Cl)=C/Cl)CC1. The van der Waals surface area contributed by atoms with Gasteiger partial charge in [-0.3, -0.25) is 0 Å². The second kappa shape index (κ2) is 5.39. The van der Waals surface area contributed by atoms with Crippen molar-refractivity contribution in [2.45, 2.75) is 45.6 Å². The lowest BCUT2D eigenvalue weighted by Crippen LogP contribution is -2.36. The molecule has 1 nitrogen and oxygen atoms in total. The van der Waals surface area contributed by atoms with E-state index in [4.69, 9.17) is 23.2 Å². The molecule has 0 aromatic rings. The molecule has 0 aromatic heterocycles. The van der Waals surface area contributed by atoms with Gasteiger partial charge in [0, 0.05) is 23.2 Å². The number of hydrogen-bond acceptors (Lipinski definition) is 1. The predicted octanol–water partition coefficient (Wildman–Crippen LogP) is 3.86. The fraction of sp³-hybridized carbons (Fsp3) is 0.818. The third-order valence-electron chi connectivity index (χ3n) is 3.02.